The minimum Gasteiger partial charge on any atom is -0.462 e. The Hall–Kier alpha value is -3.58. The molecule has 5 nitrogen and oxygen atoms in total. The summed E-state index contributed by atoms with van der Waals surface area (Å²) in [4.78, 5) is 27.2. The molecule has 3 aromatic carbocycles. The highest BCUT2D eigenvalue weighted by molar-refractivity contribution is 5.94. The van der Waals surface area contributed by atoms with Crippen LogP contribution in [0.25, 0.3) is 0 Å². The van der Waals surface area contributed by atoms with E-state index in [0.29, 0.717) is 30.8 Å². The highest BCUT2D eigenvalue weighted by Crippen LogP contribution is 2.24. The van der Waals surface area contributed by atoms with Gasteiger partial charge in [0.1, 0.15) is 11.6 Å². The molecular weight excluding hydrogens is 450 g/mol. The number of nitrogens with one attached hydrogen (secondary N) is 1. The first kappa shape index (κ1) is 24.5. The van der Waals surface area contributed by atoms with Gasteiger partial charge in [-0.3, -0.25) is 9.69 Å². The molecule has 182 valence electrons. The highest BCUT2D eigenvalue weighted by Gasteiger charge is 2.29. The van der Waals surface area contributed by atoms with Gasteiger partial charge in [0, 0.05) is 37.2 Å². The van der Waals surface area contributed by atoms with E-state index in [1.165, 1.54) is 48.5 Å². The Morgan fingerprint density at radius 2 is 1.49 bits per heavy atom. The van der Waals surface area contributed by atoms with E-state index in [1.807, 2.05) is 18.2 Å². The second-order valence-corrected chi connectivity index (χ2v) is 8.83. The third kappa shape index (κ3) is 6.96. The fourth-order valence-electron chi connectivity index (χ4n) is 4.34. The molecule has 1 N–H and O–H groups in total. The summed E-state index contributed by atoms with van der Waals surface area (Å²) in [6, 6.07) is 21.0. The van der Waals surface area contributed by atoms with E-state index in [2.05, 4.69) is 22.3 Å². The molecule has 1 aliphatic rings. The summed E-state index contributed by atoms with van der Waals surface area (Å²) in [6.45, 7) is 2.16. The van der Waals surface area contributed by atoms with Gasteiger partial charge in [0.05, 0.1) is 12.2 Å². The number of amides is 1. The Bertz CT molecular complexity index is 1120. The molecule has 0 aromatic heterocycles. The van der Waals surface area contributed by atoms with Crippen molar-refractivity contribution in [2.24, 2.45) is 5.92 Å². The number of esters is 1. The Kier molecular flexibility index (Phi) is 8.21. The van der Waals surface area contributed by atoms with Crippen LogP contribution in [0.3, 0.4) is 0 Å². The predicted molar refractivity (Wildman–Crippen MR) is 129 cm³/mol. The van der Waals surface area contributed by atoms with Gasteiger partial charge in [0.15, 0.2) is 0 Å². The average Bonchev–Trinajstić information content (AvgIpc) is 2.88. The molecule has 35 heavy (non-hydrogen) atoms. The maximum atomic E-state index is 13.2. The maximum absolute atomic E-state index is 13.2. The highest BCUT2D eigenvalue weighted by atomic mass is 19.1. The fourth-order valence-corrected chi connectivity index (χ4v) is 4.34. The molecule has 1 saturated heterocycles. The molecule has 0 spiro atoms. The fraction of sp³-hybridized carbons (Fsp3) is 0.286. The monoisotopic (exact) mass is 478 g/mol. The van der Waals surface area contributed by atoms with Gasteiger partial charge >= 0.3 is 5.97 Å². The first-order valence-corrected chi connectivity index (χ1v) is 11.7. The smallest absolute Gasteiger partial charge is 0.338 e. The van der Waals surface area contributed by atoms with Crippen molar-refractivity contribution >= 4 is 11.9 Å². The van der Waals surface area contributed by atoms with Crippen LogP contribution in [0.5, 0.6) is 0 Å². The van der Waals surface area contributed by atoms with E-state index < -0.39 is 11.8 Å². The van der Waals surface area contributed by atoms with Crippen LogP contribution in [-0.2, 0) is 11.3 Å². The number of rotatable bonds is 8. The van der Waals surface area contributed by atoms with Gasteiger partial charge in [0.2, 0.25) is 0 Å². The third-order valence-corrected chi connectivity index (χ3v) is 6.28. The van der Waals surface area contributed by atoms with E-state index >= 15 is 0 Å². The van der Waals surface area contributed by atoms with Crippen LogP contribution < -0.4 is 5.32 Å². The van der Waals surface area contributed by atoms with Crippen molar-refractivity contribution in [3.63, 3.8) is 0 Å². The number of hydrogen-bond acceptors (Lipinski definition) is 4. The number of nitrogens with zero attached hydrogens (tertiary/aromatic N) is 1. The van der Waals surface area contributed by atoms with Crippen molar-refractivity contribution in [2.75, 3.05) is 19.7 Å². The molecule has 1 fully saturated rings. The van der Waals surface area contributed by atoms with Gasteiger partial charge in [-0.25, -0.2) is 13.6 Å². The molecule has 0 radical (unpaired) electrons. The lowest BCUT2D eigenvalue weighted by molar-refractivity contribution is 0.0259. The normalized spacial score (nSPS) is 18.1. The number of carbonyl (C=O) groups is 2. The van der Waals surface area contributed by atoms with Gasteiger partial charge in [-0.05, 0) is 66.9 Å². The quantitative estimate of drug-likeness (QED) is 0.471. The molecule has 0 saturated carbocycles. The number of piperidine rings is 1. The zero-order chi connectivity index (χ0) is 24.6. The number of ether oxygens (including phenoxy) is 1. The summed E-state index contributed by atoms with van der Waals surface area (Å²) in [7, 11) is 0. The van der Waals surface area contributed by atoms with Crippen LogP contribution >= 0.6 is 0 Å². The first-order valence-electron chi connectivity index (χ1n) is 11.7. The molecule has 0 unspecified atom stereocenters. The zero-order valence-corrected chi connectivity index (χ0v) is 19.3. The van der Waals surface area contributed by atoms with E-state index in [4.69, 9.17) is 4.74 Å². The maximum Gasteiger partial charge on any atom is 0.338 e. The zero-order valence-electron chi connectivity index (χ0n) is 19.3. The van der Waals surface area contributed by atoms with Crippen molar-refractivity contribution in [1.29, 1.82) is 0 Å². The van der Waals surface area contributed by atoms with Gasteiger partial charge in [0.25, 0.3) is 5.91 Å². The van der Waals surface area contributed by atoms with Crippen molar-refractivity contribution in [2.45, 2.75) is 25.4 Å². The van der Waals surface area contributed by atoms with E-state index in [-0.39, 0.29) is 30.3 Å². The van der Waals surface area contributed by atoms with E-state index in [1.54, 1.807) is 0 Å². The molecule has 4 rings (SSSR count). The van der Waals surface area contributed by atoms with Crippen molar-refractivity contribution < 1.29 is 23.1 Å². The lowest BCUT2D eigenvalue weighted by atomic mass is 9.92. The number of hydrogen-bond donors (Lipinski definition) is 1. The second kappa shape index (κ2) is 11.7. The van der Waals surface area contributed by atoms with Gasteiger partial charge in [-0.2, -0.15) is 0 Å². The van der Waals surface area contributed by atoms with Gasteiger partial charge in [-0.15, -0.1) is 0 Å². The van der Waals surface area contributed by atoms with E-state index in [9.17, 15) is 18.4 Å². The summed E-state index contributed by atoms with van der Waals surface area (Å²) in [5.41, 5.74) is 1.90. The summed E-state index contributed by atoms with van der Waals surface area (Å²) in [5.74, 6) is -1.34. The molecule has 1 heterocycles. The standard InChI is InChI=1S/C28H28F2N2O3/c29-24-11-7-22(8-12-24)27(33)31-16-26-15-6-21(18-32(26)17-20-4-2-1-3-5-20)19-35-28(34)23-9-13-25(30)14-10-23/h1-5,7-14,21,26H,6,15-19H2,(H,31,33)/t21-,26-/m1/s1. The summed E-state index contributed by atoms with van der Waals surface area (Å²) >= 11 is 0. The van der Waals surface area contributed by atoms with Crippen LogP contribution in [0.15, 0.2) is 78.9 Å². The predicted octanol–water partition coefficient (Wildman–Crippen LogP) is 4.83. The Morgan fingerprint density at radius 3 is 2.14 bits per heavy atom. The van der Waals surface area contributed by atoms with Crippen molar-refractivity contribution in [1.82, 2.24) is 10.2 Å². The van der Waals surface area contributed by atoms with Crippen LogP contribution in [0, 0.1) is 17.6 Å². The van der Waals surface area contributed by atoms with Gasteiger partial charge in [-0.1, -0.05) is 30.3 Å². The third-order valence-electron chi connectivity index (χ3n) is 6.28. The molecule has 0 bridgehead atoms. The molecule has 1 amide bonds. The molecule has 1 aliphatic heterocycles. The van der Waals surface area contributed by atoms with Gasteiger partial charge < -0.3 is 10.1 Å². The first-order chi connectivity index (χ1) is 17.0. The molecule has 0 aliphatic carbocycles. The number of benzene rings is 3. The van der Waals surface area contributed by atoms with Crippen LogP contribution in [-0.4, -0.2) is 42.5 Å². The summed E-state index contributed by atoms with van der Waals surface area (Å²) in [6.07, 6.45) is 1.67. The largest absolute Gasteiger partial charge is 0.462 e. The summed E-state index contributed by atoms with van der Waals surface area (Å²) < 4.78 is 31.8. The van der Waals surface area contributed by atoms with Crippen LogP contribution in [0.1, 0.15) is 39.1 Å². The minimum atomic E-state index is -0.465. The second-order valence-electron chi connectivity index (χ2n) is 8.83. The number of carbonyl (C=O) groups excluding carboxylic acids is 2. The average molecular weight is 479 g/mol. The minimum absolute atomic E-state index is 0.114. The van der Waals surface area contributed by atoms with Crippen LogP contribution in [0.2, 0.25) is 0 Å². The number of likely N-dealkylation sites (tertiary alicyclic amines) is 1. The van der Waals surface area contributed by atoms with Crippen molar-refractivity contribution in [3.05, 3.63) is 107 Å². The molecular formula is C28H28F2N2O3. The Labute approximate surface area is 203 Å². The lowest BCUT2D eigenvalue weighted by Crippen LogP contribution is -2.49. The lowest BCUT2D eigenvalue weighted by Gasteiger charge is -2.39. The topological polar surface area (TPSA) is 58.6 Å². The summed E-state index contributed by atoms with van der Waals surface area (Å²) in [5, 5.41) is 2.98. The van der Waals surface area contributed by atoms with Crippen LogP contribution in [0.4, 0.5) is 8.78 Å². The number of halogens is 2. The Balaban J connectivity index is 1.36. The SMILES string of the molecule is O=C(NC[C@H]1CC[C@@H](COC(=O)c2ccc(F)cc2)CN1Cc1ccccc1)c1ccc(F)cc1. The molecule has 2 atom stereocenters. The van der Waals surface area contributed by atoms with Crippen molar-refractivity contribution in [3.8, 4) is 0 Å². The molecule has 3 aromatic rings. The Morgan fingerprint density at radius 1 is 0.857 bits per heavy atom. The molecule has 7 heteroatoms. The van der Waals surface area contributed by atoms with E-state index in [0.717, 1.165) is 18.4 Å².